The molecule has 0 fully saturated rings. The zero-order valence-electron chi connectivity index (χ0n) is 49.5. The molecule has 0 bridgehead atoms. The summed E-state index contributed by atoms with van der Waals surface area (Å²) in [6, 6.07) is 68.9. The molecule has 0 amide bonds. The van der Waals surface area contributed by atoms with Crippen molar-refractivity contribution in [3.63, 3.8) is 0 Å². The maximum absolute atomic E-state index is 2.71. The number of thiophene rings is 1. The Morgan fingerprint density at radius 3 is 1.62 bits per heavy atom. The second kappa shape index (κ2) is 16.7. The van der Waals surface area contributed by atoms with Crippen molar-refractivity contribution >= 4 is 122 Å². The van der Waals surface area contributed by atoms with Gasteiger partial charge in [0, 0.05) is 75.6 Å². The van der Waals surface area contributed by atoms with Crippen LogP contribution in [0.25, 0.3) is 70.5 Å². The summed E-state index contributed by atoms with van der Waals surface area (Å²) in [7, 11) is 0. The van der Waals surface area contributed by atoms with Crippen LogP contribution < -0.4 is 25.5 Å². The van der Waals surface area contributed by atoms with Gasteiger partial charge in [0.2, 0.25) is 0 Å². The molecular formula is C75H71BN4S. The minimum Gasteiger partial charge on any atom is -0.335 e. The SMILES string of the molecule is CC(C)(C)c1ccc(N2c3cccc4c3B(c3cc5c(c(-n6c7ccccc7c7cc8c(cc76)-c6ccccc6C8(C)C)c32)c2ccccc2n5C(C)(C)C)c2sc3ccc(C(C)(C)C)cc3c2N4c2ccc(C(C)(C)C)cc2)cc1. The molecule has 400 valence electrons. The summed E-state index contributed by atoms with van der Waals surface area (Å²) in [6.45, 7) is 32.8. The third-order valence-electron chi connectivity index (χ3n) is 18.6. The Labute approximate surface area is 482 Å². The zero-order chi connectivity index (χ0) is 56.2. The van der Waals surface area contributed by atoms with Crippen LogP contribution in [0.3, 0.4) is 0 Å². The molecular weight excluding hydrogens is 1000 g/mol. The standard InChI is InChI=1S/C75H71BN4S/c1-71(2,3)44-30-35-47(36-31-44)77-60-28-21-29-61-66(60)76(70-67(77)54-40-46(73(7,8)9)34-39-64(54)81-70)57-43-63-65(51-24-17-20-27-59(51)80(63)74(10,11)12)69(68(57)78(61)48-37-32-45(33-38-48)72(4,5)6)79-58-26-19-16-23-50(58)53-41-56-52(42-62(53)79)49-22-15-18-25-55(49)75(56,13)14/h15-43H,1-14H3. The van der Waals surface area contributed by atoms with Crippen LogP contribution >= 0.6 is 11.3 Å². The van der Waals surface area contributed by atoms with Gasteiger partial charge >= 0.3 is 0 Å². The molecule has 2 aliphatic heterocycles. The Morgan fingerprint density at radius 2 is 0.988 bits per heavy atom. The number of nitrogens with zero attached hydrogens (tertiary/aromatic N) is 4. The first kappa shape index (κ1) is 50.2. The van der Waals surface area contributed by atoms with Crippen LogP contribution in [0.1, 0.15) is 125 Å². The molecule has 6 heteroatoms. The lowest BCUT2D eigenvalue weighted by molar-refractivity contribution is 0.423. The molecule has 3 aliphatic rings. The predicted molar refractivity (Wildman–Crippen MR) is 352 cm³/mol. The normalized spacial score (nSPS) is 14.8. The first-order valence-corrected chi connectivity index (χ1v) is 30.1. The summed E-state index contributed by atoms with van der Waals surface area (Å²) in [5, 5.41) is 6.38. The van der Waals surface area contributed by atoms with Crippen molar-refractivity contribution in [1.82, 2.24) is 9.13 Å². The Morgan fingerprint density at radius 1 is 0.420 bits per heavy atom. The predicted octanol–water partition coefficient (Wildman–Crippen LogP) is 19.1. The highest BCUT2D eigenvalue weighted by Crippen LogP contribution is 2.55. The zero-order valence-corrected chi connectivity index (χ0v) is 50.3. The van der Waals surface area contributed by atoms with Crippen LogP contribution in [-0.2, 0) is 27.2 Å². The monoisotopic (exact) mass is 1070 g/mol. The van der Waals surface area contributed by atoms with Gasteiger partial charge in [0.1, 0.15) is 0 Å². The number of fused-ring (bicyclic) bond motifs is 15. The van der Waals surface area contributed by atoms with Crippen molar-refractivity contribution in [1.29, 1.82) is 0 Å². The van der Waals surface area contributed by atoms with Crippen LogP contribution in [0.2, 0.25) is 0 Å². The number of rotatable bonds is 3. The van der Waals surface area contributed by atoms with E-state index in [-0.39, 0.29) is 33.9 Å². The molecule has 0 unspecified atom stereocenters. The van der Waals surface area contributed by atoms with Gasteiger partial charge in [0.05, 0.1) is 33.6 Å². The fourth-order valence-corrected chi connectivity index (χ4v) is 15.9. The lowest BCUT2D eigenvalue weighted by atomic mass is 9.36. The van der Waals surface area contributed by atoms with Gasteiger partial charge in [-0.1, -0.05) is 173 Å². The maximum Gasteiger partial charge on any atom is 0.264 e. The number of benzene rings is 9. The molecule has 0 atom stereocenters. The van der Waals surface area contributed by atoms with E-state index in [0.717, 1.165) is 5.69 Å². The summed E-state index contributed by atoms with van der Waals surface area (Å²) in [5.41, 5.74) is 25.0. The molecule has 81 heavy (non-hydrogen) atoms. The van der Waals surface area contributed by atoms with Gasteiger partial charge in [0.25, 0.3) is 6.71 Å². The van der Waals surface area contributed by atoms with E-state index in [0.29, 0.717) is 0 Å². The number of para-hydroxylation sites is 2. The van der Waals surface area contributed by atoms with Gasteiger partial charge < -0.3 is 18.9 Å². The van der Waals surface area contributed by atoms with E-state index in [1.807, 2.05) is 11.3 Å². The first-order valence-electron chi connectivity index (χ1n) is 29.3. The van der Waals surface area contributed by atoms with Crippen molar-refractivity contribution in [2.75, 3.05) is 9.80 Å². The summed E-state index contributed by atoms with van der Waals surface area (Å²) in [5.74, 6) is 0. The smallest absolute Gasteiger partial charge is 0.264 e. The summed E-state index contributed by atoms with van der Waals surface area (Å²) < 4.78 is 8.05. The van der Waals surface area contributed by atoms with Gasteiger partial charge in [-0.25, -0.2) is 0 Å². The van der Waals surface area contributed by atoms with E-state index in [1.165, 1.54) is 142 Å². The van der Waals surface area contributed by atoms with Crippen LogP contribution in [-0.4, -0.2) is 15.8 Å². The number of hydrogen-bond donors (Lipinski definition) is 0. The fourth-order valence-electron chi connectivity index (χ4n) is 14.6. The number of anilines is 6. The second-order valence-electron chi connectivity index (χ2n) is 28.2. The van der Waals surface area contributed by atoms with Crippen molar-refractivity contribution in [2.24, 2.45) is 0 Å². The van der Waals surface area contributed by atoms with Gasteiger partial charge in [-0.3, -0.25) is 0 Å². The van der Waals surface area contributed by atoms with Gasteiger partial charge in [-0.15, -0.1) is 11.3 Å². The van der Waals surface area contributed by atoms with Gasteiger partial charge in [0.15, 0.2) is 0 Å². The van der Waals surface area contributed by atoms with Crippen LogP contribution in [0.4, 0.5) is 34.1 Å². The third-order valence-corrected chi connectivity index (χ3v) is 19.8. The lowest BCUT2D eigenvalue weighted by Gasteiger charge is -2.44. The molecule has 0 radical (unpaired) electrons. The highest BCUT2D eigenvalue weighted by Gasteiger charge is 2.48. The molecule has 3 aromatic heterocycles. The van der Waals surface area contributed by atoms with Gasteiger partial charge in [-0.2, -0.15) is 0 Å². The second-order valence-corrected chi connectivity index (χ2v) is 29.3. The topological polar surface area (TPSA) is 16.3 Å². The van der Waals surface area contributed by atoms with Crippen molar-refractivity contribution in [2.45, 2.75) is 124 Å². The average Bonchev–Trinajstić information content (AvgIpc) is 2.17. The van der Waals surface area contributed by atoms with E-state index in [1.54, 1.807) is 0 Å². The molecule has 0 N–H and O–H groups in total. The minimum atomic E-state index is -0.265. The maximum atomic E-state index is 2.71. The van der Waals surface area contributed by atoms with E-state index in [2.05, 4.69) is 292 Å². The van der Waals surface area contributed by atoms with Crippen molar-refractivity contribution in [3.05, 3.63) is 204 Å². The Kier molecular flexibility index (Phi) is 10.3. The fraction of sp³-hybridized carbons (Fsp3) is 0.253. The summed E-state index contributed by atoms with van der Waals surface area (Å²) in [4.78, 5) is 5.31. The first-order chi connectivity index (χ1) is 38.5. The van der Waals surface area contributed by atoms with Crippen molar-refractivity contribution in [3.8, 4) is 16.8 Å². The highest BCUT2D eigenvalue weighted by molar-refractivity contribution is 7.33. The van der Waals surface area contributed by atoms with Crippen LogP contribution in [0.15, 0.2) is 176 Å². The molecule has 0 spiro atoms. The molecule has 9 aromatic carbocycles. The Balaban J connectivity index is 1.15. The Bertz CT molecular complexity index is 4650. The van der Waals surface area contributed by atoms with E-state index < -0.39 is 0 Å². The molecule has 12 aromatic rings. The average molecular weight is 1070 g/mol. The molecule has 1 aliphatic carbocycles. The highest BCUT2D eigenvalue weighted by atomic mass is 32.1. The number of aromatic nitrogens is 2. The molecule has 15 rings (SSSR count). The van der Waals surface area contributed by atoms with Gasteiger partial charge in [-0.05, 0) is 166 Å². The van der Waals surface area contributed by atoms with Crippen LogP contribution in [0.5, 0.6) is 0 Å². The summed E-state index contributed by atoms with van der Waals surface area (Å²) >= 11 is 1.99. The molecule has 0 saturated carbocycles. The number of hydrogen-bond acceptors (Lipinski definition) is 3. The van der Waals surface area contributed by atoms with E-state index in [4.69, 9.17) is 0 Å². The molecule has 4 nitrogen and oxygen atoms in total. The largest absolute Gasteiger partial charge is 0.335 e. The molecule has 0 saturated heterocycles. The van der Waals surface area contributed by atoms with Crippen molar-refractivity contribution < 1.29 is 0 Å². The summed E-state index contributed by atoms with van der Waals surface area (Å²) in [6.07, 6.45) is 0. The van der Waals surface area contributed by atoms with E-state index >= 15 is 0 Å². The van der Waals surface area contributed by atoms with E-state index in [9.17, 15) is 0 Å². The van der Waals surface area contributed by atoms with Crippen LogP contribution in [0, 0.1) is 0 Å². The Hall–Kier alpha value is -7.80. The third kappa shape index (κ3) is 7.08. The molecule has 5 heterocycles. The minimum absolute atomic E-state index is 0.0160. The quantitative estimate of drug-likeness (QED) is 0.164. The lowest BCUT2D eigenvalue weighted by Crippen LogP contribution is -2.60.